The molecule has 1 aliphatic carbocycles. The number of halogens is 2. The number of nitrogens with zero attached hydrogens (tertiary/aromatic N) is 2. The SMILES string of the molecule is COC(=O)[C@H]1CC[C@H](CN2CC3(CCN(Cc4c(F)cc(N)cc4F)CC3)OC2=O)CC1. The number of nitrogen functional groups attached to an aromatic ring is 1. The van der Waals surface area contributed by atoms with Crippen molar-refractivity contribution in [3.8, 4) is 0 Å². The van der Waals surface area contributed by atoms with Gasteiger partial charge in [-0.15, -0.1) is 0 Å². The summed E-state index contributed by atoms with van der Waals surface area (Å²) in [4.78, 5) is 28.0. The lowest BCUT2D eigenvalue weighted by molar-refractivity contribution is -0.146. The zero-order valence-electron chi connectivity index (χ0n) is 18.4. The third-order valence-electron chi connectivity index (χ3n) is 7.21. The summed E-state index contributed by atoms with van der Waals surface area (Å²) in [7, 11) is 1.42. The molecule has 176 valence electrons. The van der Waals surface area contributed by atoms with Gasteiger partial charge in [-0.05, 0) is 43.7 Å². The van der Waals surface area contributed by atoms with Crippen molar-refractivity contribution in [2.45, 2.75) is 50.7 Å². The van der Waals surface area contributed by atoms with E-state index >= 15 is 0 Å². The largest absolute Gasteiger partial charge is 0.469 e. The molecule has 1 amide bonds. The highest BCUT2D eigenvalue weighted by molar-refractivity contribution is 5.72. The van der Waals surface area contributed by atoms with Crippen LogP contribution in [0.3, 0.4) is 0 Å². The van der Waals surface area contributed by atoms with Crippen molar-refractivity contribution in [3.63, 3.8) is 0 Å². The van der Waals surface area contributed by atoms with E-state index in [2.05, 4.69) is 0 Å². The molecule has 1 aromatic carbocycles. The number of hydrogen-bond donors (Lipinski definition) is 1. The fourth-order valence-electron chi connectivity index (χ4n) is 5.27. The number of benzene rings is 1. The van der Waals surface area contributed by atoms with Gasteiger partial charge in [-0.1, -0.05) is 0 Å². The molecule has 0 unspecified atom stereocenters. The van der Waals surface area contributed by atoms with Gasteiger partial charge in [0.2, 0.25) is 0 Å². The van der Waals surface area contributed by atoms with E-state index in [9.17, 15) is 18.4 Å². The maximum atomic E-state index is 14.1. The summed E-state index contributed by atoms with van der Waals surface area (Å²) in [6, 6.07) is 2.28. The first kappa shape index (κ1) is 22.8. The van der Waals surface area contributed by atoms with Crippen molar-refractivity contribution in [1.82, 2.24) is 9.80 Å². The zero-order valence-corrected chi connectivity index (χ0v) is 18.4. The average molecular weight is 452 g/mol. The fourth-order valence-corrected chi connectivity index (χ4v) is 5.27. The van der Waals surface area contributed by atoms with E-state index in [1.54, 1.807) is 4.90 Å². The van der Waals surface area contributed by atoms with Gasteiger partial charge in [0.15, 0.2) is 0 Å². The van der Waals surface area contributed by atoms with E-state index in [0.717, 1.165) is 37.8 Å². The van der Waals surface area contributed by atoms with Gasteiger partial charge in [-0.2, -0.15) is 0 Å². The highest BCUT2D eigenvalue weighted by atomic mass is 19.1. The Labute approximate surface area is 186 Å². The van der Waals surface area contributed by atoms with Gasteiger partial charge < -0.3 is 20.1 Å². The molecule has 2 heterocycles. The highest BCUT2D eigenvalue weighted by Gasteiger charge is 2.47. The minimum atomic E-state index is -0.636. The predicted molar refractivity (Wildman–Crippen MR) is 114 cm³/mol. The van der Waals surface area contributed by atoms with E-state index in [-0.39, 0.29) is 35.8 Å². The number of hydrogen-bond acceptors (Lipinski definition) is 6. The molecule has 1 saturated carbocycles. The van der Waals surface area contributed by atoms with Crippen molar-refractivity contribution in [2.75, 3.05) is 39.0 Å². The molecular formula is C23H31F2N3O4. The summed E-state index contributed by atoms with van der Waals surface area (Å²) >= 11 is 0. The van der Waals surface area contributed by atoms with Gasteiger partial charge in [-0.25, -0.2) is 13.6 Å². The molecule has 9 heteroatoms. The number of amides is 1. The fraction of sp³-hybridized carbons (Fsp3) is 0.652. The number of rotatable bonds is 5. The molecular weight excluding hydrogens is 420 g/mol. The Bertz CT molecular complexity index is 842. The monoisotopic (exact) mass is 451 g/mol. The maximum Gasteiger partial charge on any atom is 0.410 e. The second-order valence-electron chi connectivity index (χ2n) is 9.41. The van der Waals surface area contributed by atoms with Crippen LogP contribution in [0.15, 0.2) is 12.1 Å². The number of likely N-dealkylation sites (tertiary alicyclic amines) is 1. The van der Waals surface area contributed by atoms with Gasteiger partial charge in [0.1, 0.15) is 17.2 Å². The van der Waals surface area contributed by atoms with E-state index < -0.39 is 17.2 Å². The molecule has 2 saturated heterocycles. The number of nitrogens with two attached hydrogens (primary N) is 1. The number of anilines is 1. The quantitative estimate of drug-likeness (QED) is 0.546. The second-order valence-corrected chi connectivity index (χ2v) is 9.41. The summed E-state index contributed by atoms with van der Waals surface area (Å²) < 4.78 is 38.9. The van der Waals surface area contributed by atoms with Gasteiger partial charge >= 0.3 is 12.1 Å². The van der Waals surface area contributed by atoms with Crippen molar-refractivity contribution in [2.24, 2.45) is 11.8 Å². The molecule has 0 aromatic heterocycles. The molecule has 3 aliphatic rings. The van der Waals surface area contributed by atoms with Gasteiger partial charge in [0.25, 0.3) is 0 Å². The molecule has 1 aromatic rings. The number of esters is 1. The van der Waals surface area contributed by atoms with Crippen LogP contribution in [0.25, 0.3) is 0 Å². The van der Waals surface area contributed by atoms with Crippen molar-refractivity contribution in [3.05, 3.63) is 29.3 Å². The van der Waals surface area contributed by atoms with Crippen molar-refractivity contribution < 1.29 is 27.8 Å². The molecule has 4 rings (SSSR count). The van der Waals surface area contributed by atoms with Crippen LogP contribution in [0.1, 0.15) is 44.1 Å². The summed E-state index contributed by atoms with van der Waals surface area (Å²) in [5, 5.41) is 0. The van der Waals surface area contributed by atoms with Crippen LogP contribution in [-0.2, 0) is 20.8 Å². The summed E-state index contributed by atoms with van der Waals surface area (Å²) in [6.45, 7) is 2.53. The number of carbonyl (C=O) groups is 2. The smallest absolute Gasteiger partial charge is 0.410 e. The highest BCUT2D eigenvalue weighted by Crippen LogP contribution is 2.36. The van der Waals surface area contributed by atoms with Gasteiger partial charge in [0, 0.05) is 50.3 Å². The Morgan fingerprint density at radius 3 is 2.41 bits per heavy atom. The molecule has 0 atom stereocenters. The zero-order chi connectivity index (χ0) is 22.9. The van der Waals surface area contributed by atoms with Crippen LogP contribution in [0.2, 0.25) is 0 Å². The minimum Gasteiger partial charge on any atom is -0.469 e. The van der Waals surface area contributed by atoms with Crippen molar-refractivity contribution >= 4 is 17.7 Å². The number of piperidine rings is 1. The first-order chi connectivity index (χ1) is 15.3. The van der Waals surface area contributed by atoms with Crippen LogP contribution < -0.4 is 5.73 Å². The van der Waals surface area contributed by atoms with E-state index in [1.165, 1.54) is 7.11 Å². The Kier molecular flexibility index (Phi) is 6.55. The first-order valence-corrected chi connectivity index (χ1v) is 11.3. The Morgan fingerprint density at radius 2 is 1.81 bits per heavy atom. The molecule has 1 spiro atoms. The minimum absolute atomic E-state index is 0.0164. The average Bonchev–Trinajstić information content (AvgIpc) is 3.06. The third-order valence-corrected chi connectivity index (χ3v) is 7.21. The molecule has 2 aliphatic heterocycles. The third kappa shape index (κ3) is 4.82. The standard InChI is InChI=1S/C23H31F2N3O4/c1-31-21(29)16-4-2-15(3-5-16)12-28-14-23(32-22(28)30)6-8-27(9-7-23)13-18-19(24)10-17(26)11-20(18)25/h10-11,15-16H,2-9,12-14,26H2,1H3/t15-,16-. The number of methoxy groups -OCH3 is 1. The normalized spacial score (nSPS) is 25.7. The summed E-state index contributed by atoms with van der Waals surface area (Å²) in [5.41, 5.74) is 5.04. The first-order valence-electron chi connectivity index (χ1n) is 11.3. The van der Waals surface area contributed by atoms with E-state index in [1.807, 2.05) is 4.90 Å². The summed E-state index contributed by atoms with van der Waals surface area (Å²) in [6.07, 6.45) is 4.33. The van der Waals surface area contributed by atoms with E-state index in [4.69, 9.17) is 15.2 Å². The molecule has 2 N–H and O–H groups in total. The lowest BCUT2D eigenvalue weighted by Gasteiger charge is -2.37. The second kappa shape index (κ2) is 9.21. The molecule has 32 heavy (non-hydrogen) atoms. The van der Waals surface area contributed by atoms with Crippen LogP contribution in [-0.4, -0.2) is 60.8 Å². The van der Waals surface area contributed by atoms with Gasteiger partial charge in [-0.3, -0.25) is 9.69 Å². The lowest BCUT2D eigenvalue weighted by Crippen LogP contribution is -2.47. The van der Waals surface area contributed by atoms with Crippen molar-refractivity contribution in [1.29, 1.82) is 0 Å². The molecule has 0 bridgehead atoms. The van der Waals surface area contributed by atoms with Crippen LogP contribution in [0, 0.1) is 23.5 Å². The van der Waals surface area contributed by atoms with Crippen LogP contribution in [0.4, 0.5) is 19.3 Å². The maximum absolute atomic E-state index is 14.1. The Morgan fingerprint density at radius 1 is 1.19 bits per heavy atom. The molecule has 0 radical (unpaired) electrons. The topological polar surface area (TPSA) is 85.1 Å². The Balaban J connectivity index is 1.28. The lowest BCUT2D eigenvalue weighted by atomic mass is 9.81. The van der Waals surface area contributed by atoms with E-state index in [0.29, 0.717) is 44.9 Å². The van der Waals surface area contributed by atoms with Crippen LogP contribution in [0.5, 0.6) is 0 Å². The number of carbonyl (C=O) groups excluding carboxylic acids is 2. The number of ether oxygens (including phenoxy) is 2. The predicted octanol–water partition coefficient (Wildman–Crippen LogP) is 3.31. The molecule has 7 nitrogen and oxygen atoms in total. The van der Waals surface area contributed by atoms with Crippen LogP contribution >= 0.6 is 0 Å². The van der Waals surface area contributed by atoms with Gasteiger partial charge in [0.05, 0.1) is 19.6 Å². The summed E-state index contributed by atoms with van der Waals surface area (Å²) in [5.74, 6) is -1.09. The molecule has 3 fully saturated rings. The Hall–Kier alpha value is -2.42.